The molecule has 4 nitrogen and oxygen atoms in total. The lowest BCUT2D eigenvalue weighted by Crippen LogP contribution is -2.28. The van der Waals surface area contributed by atoms with Crippen LogP contribution in [0.15, 0.2) is 11.8 Å². The minimum atomic E-state index is -1.32. The molecular formula is C21H38O4Si. The standard InChI is InChI=1S/C21H38O4Si/c1-7-8-9-10-14(21(2,3)4)11-18(25-26(5)6)20-15-12-19(23)24-17(15)13-16(20)22/h11,14-17,20,22,26H,7-10,12-13H2,1-6H3/b18-11+/t14?,15-,16+,17-,20+/m0/s1. The Balaban J connectivity index is 2.28. The van der Waals surface area contributed by atoms with Crippen molar-refractivity contribution in [3.63, 3.8) is 0 Å². The molecule has 2 aliphatic rings. The Hall–Kier alpha value is -0.813. The number of fused-ring (bicyclic) bond motifs is 1. The maximum absolute atomic E-state index is 11.8. The van der Waals surface area contributed by atoms with Crippen molar-refractivity contribution in [1.82, 2.24) is 0 Å². The van der Waals surface area contributed by atoms with Crippen LogP contribution in [-0.4, -0.2) is 32.3 Å². The van der Waals surface area contributed by atoms with E-state index in [1.807, 2.05) is 0 Å². The molecule has 1 saturated heterocycles. The van der Waals surface area contributed by atoms with Gasteiger partial charge < -0.3 is 14.3 Å². The van der Waals surface area contributed by atoms with Gasteiger partial charge in [0.05, 0.1) is 18.3 Å². The van der Waals surface area contributed by atoms with Crippen LogP contribution in [0.2, 0.25) is 13.1 Å². The number of hydrogen-bond donors (Lipinski definition) is 1. The molecule has 0 aromatic heterocycles. The number of carbonyl (C=O) groups excluding carboxylic acids is 1. The molecule has 0 bridgehead atoms. The highest BCUT2D eigenvalue weighted by Gasteiger charge is 2.51. The number of allylic oxidation sites excluding steroid dienone is 1. The van der Waals surface area contributed by atoms with Gasteiger partial charge in [-0.3, -0.25) is 4.79 Å². The van der Waals surface area contributed by atoms with Crippen LogP contribution in [0.5, 0.6) is 0 Å². The van der Waals surface area contributed by atoms with Crippen LogP contribution in [0.25, 0.3) is 0 Å². The van der Waals surface area contributed by atoms with Gasteiger partial charge in [-0.1, -0.05) is 47.0 Å². The molecule has 1 N–H and O–H groups in total. The first-order chi connectivity index (χ1) is 12.1. The molecule has 0 aromatic rings. The topological polar surface area (TPSA) is 55.8 Å². The van der Waals surface area contributed by atoms with Crippen molar-refractivity contribution in [3.05, 3.63) is 11.8 Å². The second kappa shape index (κ2) is 8.92. The fraction of sp³-hybridized carbons (Fsp3) is 0.857. The minimum Gasteiger partial charge on any atom is -0.550 e. The van der Waals surface area contributed by atoms with E-state index in [0.29, 0.717) is 18.8 Å². The third kappa shape index (κ3) is 5.35. The summed E-state index contributed by atoms with van der Waals surface area (Å²) < 4.78 is 11.8. The normalized spacial score (nSPS) is 30.5. The van der Waals surface area contributed by atoms with E-state index in [2.05, 4.69) is 46.9 Å². The molecule has 1 saturated carbocycles. The Bertz CT molecular complexity index is 509. The van der Waals surface area contributed by atoms with Crippen LogP contribution in [0.1, 0.15) is 66.2 Å². The summed E-state index contributed by atoms with van der Waals surface area (Å²) in [5.41, 5.74) is 0.145. The van der Waals surface area contributed by atoms with Crippen LogP contribution in [0.4, 0.5) is 0 Å². The van der Waals surface area contributed by atoms with Gasteiger partial charge in [0.2, 0.25) is 9.04 Å². The maximum Gasteiger partial charge on any atom is 0.306 e. The first-order valence-corrected chi connectivity index (χ1v) is 13.2. The number of unbranched alkanes of at least 4 members (excludes halogenated alkanes) is 2. The average molecular weight is 383 g/mol. The quantitative estimate of drug-likeness (QED) is 0.292. The molecule has 2 rings (SSSR count). The molecule has 1 aliphatic heterocycles. The van der Waals surface area contributed by atoms with Crippen molar-refractivity contribution in [2.75, 3.05) is 0 Å². The molecule has 150 valence electrons. The van der Waals surface area contributed by atoms with Gasteiger partial charge in [-0.25, -0.2) is 0 Å². The predicted octanol–water partition coefficient (Wildman–Crippen LogP) is 4.43. The largest absolute Gasteiger partial charge is 0.550 e. The molecule has 0 radical (unpaired) electrons. The van der Waals surface area contributed by atoms with Gasteiger partial charge in [-0.05, 0) is 36.9 Å². The summed E-state index contributed by atoms with van der Waals surface area (Å²) in [5, 5.41) is 10.7. The van der Waals surface area contributed by atoms with E-state index in [4.69, 9.17) is 9.16 Å². The van der Waals surface area contributed by atoms with Crippen molar-refractivity contribution in [2.45, 2.75) is 91.5 Å². The summed E-state index contributed by atoms with van der Waals surface area (Å²) in [4.78, 5) is 11.8. The minimum absolute atomic E-state index is 0.0627. The van der Waals surface area contributed by atoms with Gasteiger partial charge in [0.15, 0.2) is 0 Å². The molecule has 0 spiro atoms. The first-order valence-electron chi connectivity index (χ1n) is 10.4. The summed E-state index contributed by atoms with van der Waals surface area (Å²) in [5.74, 6) is 1.17. The molecular weight excluding hydrogens is 344 g/mol. The Morgan fingerprint density at radius 1 is 1.38 bits per heavy atom. The van der Waals surface area contributed by atoms with Crippen molar-refractivity contribution in [2.24, 2.45) is 23.2 Å². The number of hydrogen-bond acceptors (Lipinski definition) is 4. The van der Waals surface area contributed by atoms with Crippen LogP contribution < -0.4 is 0 Å². The number of aliphatic hydroxyl groups excluding tert-OH is 1. The smallest absolute Gasteiger partial charge is 0.306 e. The molecule has 2 fully saturated rings. The highest BCUT2D eigenvalue weighted by Crippen LogP contribution is 2.46. The number of aliphatic hydroxyl groups is 1. The molecule has 26 heavy (non-hydrogen) atoms. The second-order valence-corrected chi connectivity index (χ2v) is 11.8. The van der Waals surface area contributed by atoms with Gasteiger partial charge in [-0.15, -0.1) is 0 Å². The summed E-state index contributed by atoms with van der Waals surface area (Å²) >= 11 is 0. The Morgan fingerprint density at radius 2 is 2.08 bits per heavy atom. The molecule has 5 atom stereocenters. The lowest BCUT2D eigenvalue weighted by molar-refractivity contribution is -0.141. The van der Waals surface area contributed by atoms with E-state index in [9.17, 15) is 9.90 Å². The van der Waals surface area contributed by atoms with Crippen molar-refractivity contribution < 1.29 is 19.1 Å². The fourth-order valence-corrected chi connectivity index (χ4v) is 5.14. The molecule has 5 heteroatoms. The molecule has 1 aliphatic carbocycles. The van der Waals surface area contributed by atoms with E-state index in [0.717, 1.165) is 12.2 Å². The molecule has 0 aromatic carbocycles. The summed E-state index contributed by atoms with van der Waals surface area (Å²) in [6, 6.07) is 0. The van der Waals surface area contributed by atoms with Gasteiger partial charge in [0.25, 0.3) is 0 Å². The zero-order valence-electron chi connectivity index (χ0n) is 17.5. The average Bonchev–Trinajstić information content (AvgIpc) is 2.98. The van der Waals surface area contributed by atoms with E-state index in [1.165, 1.54) is 19.3 Å². The van der Waals surface area contributed by atoms with Crippen LogP contribution in [0.3, 0.4) is 0 Å². The highest BCUT2D eigenvalue weighted by molar-refractivity contribution is 6.48. The summed E-state index contributed by atoms with van der Waals surface area (Å²) in [6.45, 7) is 13.4. The number of esters is 1. The summed E-state index contributed by atoms with van der Waals surface area (Å²) in [7, 11) is -1.32. The first kappa shape index (κ1) is 21.5. The third-order valence-electron chi connectivity index (χ3n) is 5.81. The Labute approximate surface area is 161 Å². The highest BCUT2D eigenvalue weighted by atomic mass is 28.3. The third-order valence-corrected chi connectivity index (χ3v) is 6.55. The number of carbonyl (C=O) groups is 1. The molecule has 1 unspecified atom stereocenters. The van der Waals surface area contributed by atoms with E-state index >= 15 is 0 Å². The van der Waals surface area contributed by atoms with Gasteiger partial charge in [0, 0.05) is 18.3 Å². The summed E-state index contributed by atoms with van der Waals surface area (Å²) in [6.07, 6.45) is 7.42. The Morgan fingerprint density at radius 3 is 2.65 bits per heavy atom. The number of ether oxygens (including phenoxy) is 1. The fourth-order valence-electron chi connectivity index (χ4n) is 4.36. The van der Waals surface area contributed by atoms with E-state index < -0.39 is 15.1 Å². The van der Waals surface area contributed by atoms with Gasteiger partial charge in [-0.2, -0.15) is 0 Å². The van der Waals surface area contributed by atoms with Crippen LogP contribution >= 0.6 is 0 Å². The SMILES string of the molecule is CCCCCC(/C=C(/O[SiH](C)C)[C@@H]1[C@H]2CC(=O)O[C@H]2C[C@H]1O)C(C)(C)C. The van der Waals surface area contributed by atoms with Crippen molar-refractivity contribution >= 4 is 15.0 Å². The van der Waals surface area contributed by atoms with Crippen LogP contribution in [0, 0.1) is 23.2 Å². The molecule has 0 amide bonds. The van der Waals surface area contributed by atoms with Crippen molar-refractivity contribution in [3.8, 4) is 0 Å². The number of rotatable bonds is 8. The van der Waals surface area contributed by atoms with Crippen LogP contribution in [-0.2, 0) is 14.0 Å². The van der Waals surface area contributed by atoms with E-state index in [1.54, 1.807) is 0 Å². The maximum atomic E-state index is 11.8. The zero-order chi connectivity index (χ0) is 19.5. The van der Waals surface area contributed by atoms with E-state index in [-0.39, 0.29) is 29.3 Å². The van der Waals surface area contributed by atoms with Gasteiger partial charge >= 0.3 is 5.97 Å². The lowest BCUT2D eigenvalue weighted by atomic mass is 9.76. The van der Waals surface area contributed by atoms with Gasteiger partial charge in [0.1, 0.15) is 6.10 Å². The molecule has 1 heterocycles. The Kier molecular flexibility index (Phi) is 7.37. The predicted molar refractivity (Wildman–Crippen MR) is 107 cm³/mol. The second-order valence-electron chi connectivity index (χ2n) is 9.43. The monoisotopic (exact) mass is 382 g/mol. The van der Waals surface area contributed by atoms with Crippen molar-refractivity contribution in [1.29, 1.82) is 0 Å². The lowest BCUT2D eigenvalue weighted by Gasteiger charge is -2.32. The zero-order valence-corrected chi connectivity index (χ0v) is 18.6.